The molecule has 0 saturated heterocycles. The summed E-state index contributed by atoms with van der Waals surface area (Å²) in [6.45, 7) is 0. The Morgan fingerprint density at radius 2 is 1.12 bits per heavy atom. The third-order valence-electron chi connectivity index (χ3n) is 3.88. The summed E-state index contributed by atoms with van der Waals surface area (Å²) in [4.78, 5) is 6.79. The number of imidazole rings is 1. The van der Waals surface area contributed by atoms with E-state index in [0.717, 1.165) is 23.0 Å². The lowest BCUT2D eigenvalue weighted by Gasteiger charge is -2.25. The van der Waals surface area contributed by atoms with E-state index in [4.69, 9.17) is 0 Å². The van der Waals surface area contributed by atoms with E-state index in [1.54, 1.807) is 0 Å². The zero-order chi connectivity index (χ0) is 16.2. The molecule has 0 radical (unpaired) electrons. The molecule has 0 N–H and O–H groups in total. The summed E-state index contributed by atoms with van der Waals surface area (Å²) < 4.78 is 2.10. The summed E-state index contributed by atoms with van der Waals surface area (Å²) in [5.41, 5.74) is 3.24. The first-order valence-electron chi connectivity index (χ1n) is 7.92. The monoisotopic (exact) mass is 311 g/mol. The van der Waals surface area contributed by atoms with Gasteiger partial charge < -0.3 is 0 Å². The maximum absolute atomic E-state index is 4.63. The van der Waals surface area contributed by atoms with Crippen LogP contribution in [0.25, 0.3) is 5.69 Å². The van der Waals surface area contributed by atoms with E-state index < -0.39 is 0 Å². The molecule has 24 heavy (non-hydrogen) atoms. The minimum Gasteiger partial charge on any atom is -0.286 e. The molecule has 0 aliphatic rings. The Hall–Kier alpha value is -3.33. The molecule has 0 spiro atoms. The van der Waals surface area contributed by atoms with Gasteiger partial charge in [0.15, 0.2) is 0 Å². The Kier molecular flexibility index (Phi) is 3.82. The van der Waals surface area contributed by atoms with Crippen LogP contribution in [0.2, 0.25) is 0 Å². The lowest BCUT2D eigenvalue weighted by Crippen LogP contribution is -2.14. The lowest BCUT2D eigenvalue weighted by molar-refractivity contribution is 1.01. The smallest absolute Gasteiger partial charge is 0.219 e. The molecule has 1 heterocycles. The number of para-hydroxylation sites is 3. The molecule has 4 aromatic rings. The van der Waals surface area contributed by atoms with Crippen LogP contribution in [0.4, 0.5) is 17.3 Å². The molecule has 0 atom stereocenters. The van der Waals surface area contributed by atoms with E-state index in [9.17, 15) is 0 Å². The minimum absolute atomic E-state index is 0.860. The lowest BCUT2D eigenvalue weighted by atomic mass is 10.2. The van der Waals surface area contributed by atoms with Crippen molar-refractivity contribution in [2.75, 3.05) is 4.90 Å². The number of benzene rings is 3. The largest absolute Gasteiger partial charge is 0.286 e. The highest BCUT2D eigenvalue weighted by Gasteiger charge is 2.17. The van der Waals surface area contributed by atoms with Gasteiger partial charge in [0.25, 0.3) is 0 Å². The van der Waals surface area contributed by atoms with Crippen molar-refractivity contribution < 1.29 is 0 Å². The van der Waals surface area contributed by atoms with Gasteiger partial charge in [-0.15, -0.1) is 0 Å². The molecule has 0 saturated carbocycles. The molecule has 3 heteroatoms. The van der Waals surface area contributed by atoms with Gasteiger partial charge in [0.05, 0.1) is 0 Å². The number of rotatable bonds is 4. The fraction of sp³-hybridized carbons (Fsp3) is 0. The van der Waals surface area contributed by atoms with Crippen molar-refractivity contribution in [3.63, 3.8) is 0 Å². The van der Waals surface area contributed by atoms with Gasteiger partial charge in [-0.2, -0.15) is 0 Å². The second kappa shape index (κ2) is 6.42. The first-order valence-corrected chi connectivity index (χ1v) is 7.92. The van der Waals surface area contributed by atoms with Crippen LogP contribution >= 0.6 is 0 Å². The number of aromatic nitrogens is 2. The first kappa shape index (κ1) is 14.3. The summed E-state index contributed by atoms with van der Waals surface area (Å²) in [7, 11) is 0. The molecule has 3 aromatic carbocycles. The predicted molar refractivity (Wildman–Crippen MR) is 98.2 cm³/mol. The Labute approximate surface area is 141 Å². The second-order valence-corrected chi connectivity index (χ2v) is 5.44. The molecule has 0 fully saturated rings. The molecule has 1 aromatic heterocycles. The van der Waals surface area contributed by atoms with Gasteiger partial charge in [-0.3, -0.25) is 9.47 Å². The van der Waals surface area contributed by atoms with Gasteiger partial charge in [-0.1, -0.05) is 54.6 Å². The van der Waals surface area contributed by atoms with Gasteiger partial charge >= 0.3 is 0 Å². The van der Waals surface area contributed by atoms with E-state index in [0.29, 0.717) is 0 Å². The van der Waals surface area contributed by atoms with Crippen molar-refractivity contribution in [3.8, 4) is 5.69 Å². The third-order valence-corrected chi connectivity index (χ3v) is 3.88. The molecule has 0 amide bonds. The van der Waals surface area contributed by atoms with Crippen LogP contribution in [0.15, 0.2) is 103 Å². The molecular formula is C21H17N3. The van der Waals surface area contributed by atoms with E-state index in [-0.39, 0.29) is 0 Å². The van der Waals surface area contributed by atoms with Crippen LogP contribution in [0.3, 0.4) is 0 Å². The molecular weight excluding hydrogens is 294 g/mol. The molecule has 0 aliphatic carbocycles. The van der Waals surface area contributed by atoms with Crippen LogP contribution in [-0.4, -0.2) is 9.55 Å². The average molecular weight is 311 g/mol. The van der Waals surface area contributed by atoms with Crippen LogP contribution in [0.1, 0.15) is 0 Å². The zero-order valence-corrected chi connectivity index (χ0v) is 13.2. The SMILES string of the molecule is c1ccc(N(c2ccccc2)c2nccn2-c2ccccc2)cc1. The number of nitrogens with zero attached hydrogens (tertiary/aromatic N) is 3. The van der Waals surface area contributed by atoms with Crippen LogP contribution in [-0.2, 0) is 0 Å². The van der Waals surface area contributed by atoms with Crippen molar-refractivity contribution in [1.29, 1.82) is 0 Å². The van der Waals surface area contributed by atoms with Crippen LogP contribution < -0.4 is 4.90 Å². The normalized spacial score (nSPS) is 10.5. The molecule has 4 rings (SSSR count). The van der Waals surface area contributed by atoms with E-state index in [2.05, 4.69) is 50.8 Å². The van der Waals surface area contributed by atoms with Crippen molar-refractivity contribution >= 4 is 17.3 Å². The second-order valence-electron chi connectivity index (χ2n) is 5.44. The van der Waals surface area contributed by atoms with Gasteiger partial charge in [0.2, 0.25) is 5.95 Å². The Bertz CT molecular complexity index is 860. The number of anilines is 3. The molecule has 0 bridgehead atoms. The van der Waals surface area contributed by atoms with Gasteiger partial charge in [-0.25, -0.2) is 4.98 Å². The first-order chi connectivity index (χ1) is 11.9. The maximum atomic E-state index is 4.63. The van der Waals surface area contributed by atoms with Gasteiger partial charge in [0, 0.05) is 29.5 Å². The number of hydrogen-bond donors (Lipinski definition) is 0. The maximum Gasteiger partial charge on any atom is 0.219 e. The summed E-state index contributed by atoms with van der Waals surface area (Å²) in [5, 5.41) is 0. The summed E-state index contributed by atoms with van der Waals surface area (Å²) >= 11 is 0. The topological polar surface area (TPSA) is 21.1 Å². The summed E-state index contributed by atoms with van der Waals surface area (Å²) in [6, 6.07) is 30.9. The standard InChI is InChI=1S/C21H17N3/c1-4-10-18(11-5-1)23-17-16-22-21(23)24(19-12-6-2-7-13-19)20-14-8-3-9-15-20/h1-17H. The minimum atomic E-state index is 0.860. The Morgan fingerprint density at radius 1 is 0.625 bits per heavy atom. The highest BCUT2D eigenvalue weighted by Crippen LogP contribution is 2.33. The van der Waals surface area contributed by atoms with Gasteiger partial charge in [0.1, 0.15) is 0 Å². The summed E-state index contributed by atoms with van der Waals surface area (Å²) in [6.07, 6.45) is 3.82. The highest BCUT2D eigenvalue weighted by atomic mass is 15.3. The fourth-order valence-electron chi connectivity index (χ4n) is 2.79. The Balaban J connectivity index is 1.89. The van der Waals surface area contributed by atoms with Crippen LogP contribution in [0.5, 0.6) is 0 Å². The van der Waals surface area contributed by atoms with Crippen molar-refractivity contribution in [3.05, 3.63) is 103 Å². The Morgan fingerprint density at radius 3 is 1.67 bits per heavy atom. The van der Waals surface area contributed by atoms with Crippen LogP contribution in [0, 0.1) is 0 Å². The van der Waals surface area contributed by atoms with Crippen molar-refractivity contribution in [2.45, 2.75) is 0 Å². The van der Waals surface area contributed by atoms with Crippen molar-refractivity contribution in [1.82, 2.24) is 9.55 Å². The molecule has 0 unspecified atom stereocenters. The average Bonchev–Trinajstić information content (AvgIpc) is 3.14. The van der Waals surface area contributed by atoms with Crippen molar-refractivity contribution in [2.24, 2.45) is 0 Å². The fourth-order valence-corrected chi connectivity index (χ4v) is 2.79. The quantitative estimate of drug-likeness (QED) is 0.507. The molecule has 3 nitrogen and oxygen atoms in total. The van der Waals surface area contributed by atoms with Gasteiger partial charge in [-0.05, 0) is 36.4 Å². The van der Waals surface area contributed by atoms with E-state index in [1.807, 2.05) is 67.0 Å². The predicted octanol–water partition coefficient (Wildman–Crippen LogP) is 5.34. The van der Waals surface area contributed by atoms with E-state index >= 15 is 0 Å². The molecule has 116 valence electrons. The van der Waals surface area contributed by atoms with E-state index in [1.165, 1.54) is 0 Å². The highest BCUT2D eigenvalue weighted by molar-refractivity contribution is 5.73. The third kappa shape index (κ3) is 2.68. The number of hydrogen-bond acceptors (Lipinski definition) is 2. The molecule has 0 aliphatic heterocycles. The zero-order valence-electron chi connectivity index (χ0n) is 13.2. The summed E-state index contributed by atoms with van der Waals surface area (Å²) in [5.74, 6) is 0.860.